The first-order valence-electron chi connectivity index (χ1n) is 12.2. The molecule has 0 aliphatic heterocycles. The fraction of sp³-hybridized carbons (Fsp3) is 0.462. The molecule has 0 unspecified atom stereocenters. The Kier molecular flexibility index (Phi) is 10.4. The summed E-state index contributed by atoms with van der Waals surface area (Å²) in [7, 11) is -2.55. The quantitative estimate of drug-likeness (QED) is 0.303. The lowest BCUT2D eigenvalue weighted by Crippen LogP contribution is -2.45. The molecule has 0 saturated carbocycles. The number of rotatable bonds is 12. The molecule has 38 heavy (non-hydrogen) atoms. The Hall–Kier alpha value is -3.51. The molecule has 0 bridgehead atoms. The molecule has 0 saturated heterocycles. The lowest BCUT2D eigenvalue weighted by molar-refractivity contribution is -0.145. The van der Waals surface area contributed by atoms with Gasteiger partial charge in [-0.25, -0.2) is 18.0 Å². The SMILES string of the molecule is CCN(CC)S(=O)(=O)c1cccc(C(=O)N[C@H](C(=O)OCC(=O)c2[nH]c(C)c(C(=O)OC)c2C)C(C)C)c1. The fourth-order valence-electron chi connectivity index (χ4n) is 3.97. The van der Waals surface area contributed by atoms with E-state index in [4.69, 9.17) is 9.47 Å². The van der Waals surface area contributed by atoms with Gasteiger partial charge in [0.2, 0.25) is 15.8 Å². The molecular weight excluding hydrogens is 514 g/mol. The van der Waals surface area contributed by atoms with Crippen molar-refractivity contribution in [2.45, 2.75) is 52.5 Å². The molecule has 0 aliphatic rings. The van der Waals surface area contributed by atoms with Gasteiger partial charge >= 0.3 is 11.9 Å². The zero-order valence-electron chi connectivity index (χ0n) is 22.7. The summed E-state index contributed by atoms with van der Waals surface area (Å²) in [6.45, 7) is 9.96. The highest BCUT2D eigenvalue weighted by atomic mass is 32.2. The monoisotopic (exact) mass is 549 g/mol. The highest BCUT2D eigenvalue weighted by molar-refractivity contribution is 7.89. The van der Waals surface area contributed by atoms with Gasteiger partial charge in [0.15, 0.2) is 6.61 Å². The molecule has 1 aromatic carbocycles. The Balaban J connectivity index is 2.16. The molecule has 0 radical (unpaired) electrons. The summed E-state index contributed by atoms with van der Waals surface area (Å²) in [6.07, 6.45) is 0. The van der Waals surface area contributed by atoms with Crippen LogP contribution in [0.25, 0.3) is 0 Å². The van der Waals surface area contributed by atoms with Gasteiger partial charge in [-0.05, 0) is 43.5 Å². The molecule has 11 nitrogen and oxygen atoms in total. The summed E-state index contributed by atoms with van der Waals surface area (Å²) < 4.78 is 36.9. The standard InChI is InChI=1S/C26H35N3O8S/c1-8-29(9-2)38(34,35)19-12-10-11-18(13-19)24(31)28-22(15(3)4)26(33)37-14-20(30)23-16(5)21(17(6)27-23)25(32)36-7/h10-13,15,22,27H,8-9,14H2,1-7H3,(H,28,31)/t22-/m0/s1. The second kappa shape index (κ2) is 12.8. The average Bonchev–Trinajstić information content (AvgIpc) is 3.19. The van der Waals surface area contributed by atoms with Crippen LogP contribution in [-0.2, 0) is 24.3 Å². The van der Waals surface area contributed by atoms with E-state index >= 15 is 0 Å². The summed E-state index contributed by atoms with van der Waals surface area (Å²) >= 11 is 0. The Bertz CT molecular complexity index is 1310. The predicted octanol–water partition coefficient (Wildman–Crippen LogP) is 2.63. The number of aromatic amines is 1. The van der Waals surface area contributed by atoms with Crippen LogP contribution in [-0.4, -0.2) is 74.2 Å². The number of amides is 1. The number of carbonyl (C=O) groups is 4. The van der Waals surface area contributed by atoms with E-state index in [-0.39, 0.29) is 34.8 Å². The van der Waals surface area contributed by atoms with Crippen molar-refractivity contribution >= 4 is 33.7 Å². The highest BCUT2D eigenvalue weighted by Crippen LogP contribution is 2.20. The number of methoxy groups -OCH3 is 1. The number of Topliss-reactive ketones (excluding diaryl/α,β-unsaturated/α-hetero) is 1. The largest absolute Gasteiger partial charge is 0.465 e. The molecule has 2 aromatic rings. The van der Waals surface area contributed by atoms with Gasteiger partial charge < -0.3 is 19.8 Å². The van der Waals surface area contributed by atoms with Crippen LogP contribution in [0.15, 0.2) is 29.2 Å². The summed E-state index contributed by atoms with van der Waals surface area (Å²) in [6, 6.07) is 4.45. The van der Waals surface area contributed by atoms with Gasteiger partial charge in [-0.2, -0.15) is 4.31 Å². The van der Waals surface area contributed by atoms with Crippen LogP contribution in [0.4, 0.5) is 0 Å². The van der Waals surface area contributed by atoms with Gasteiger partial charge in [-0.3, -0.25) is 9.59 Å². The number of benzene rings is 1. The normalized spacial score (nSPS) is 12.3. The summed E-state index contributed by atoms with van der Waals surface area (Å²) in [4.78, 5) is 53.2. The van der Waals surface area contributed by atoms with Crippen molar-refractivity contribution in [2.24, 2.45) is 5.92 Å². The first-order chi connectivity index (χ1) is 17.8. The number of sulfonamides is 1. The van der Waals surface area contributed by atoms with Crippen LogP contribution in [0.1, 0.15) is 70.2 Å². The molecule has 1 atom stereocenters. The van der Waals surface area contributed by atoms with Gasteiger partial charge in [-0.1, -0.05) is 33.8 Å². The second-order valence-electron chi connectivity index (χ2n) is 8.96. The number of ketones is 1. The zero-order chi connectivity index (χ0) is 28.8. The fourth-order valence-corrected chi connectivity index (χ4v) is 5.47. The van der Waals surface area contributed by atoms with E-state index in [0.717, 1.165) is 0 Å². The Labute approximate surface area is 222 Å². The number of H-pyrrole nitrogens is 1. The van der Waals surface area contributed by atoms with Crippen LogP contribution in [0.5, 0.6) is 0 Å². The number of aromatic nitrogens is 1. The third-order valence-corrected chi connectivity index (χ3v) is 8.14. The first-order valence-corrected chi connectivity index (χ1v) is 13.6. The molecule has 2 N–H and O–H groups in total. The maximum absolute atomic E-state index is 12.9. The number of esters is 2. The van der Waals surface area contributed by atoms with Gasteiger partial charge in [0.05, 0.1) is 23.3 Å². The molecular formula is C26H35N3O8S. The van der Waals surface area contributed by atoms with Crippen LogP contribution in [0, 0.1) is 19.8 Å². The molecule has 1 heterocycles. The van der Waals surface area contributed by atoms with Gasteiger partial charge in [-0.15, -0.1) is 0 Å². The van der Waals surface area contributed by atoms with E-state index < -0.39 is 52.2 Å². The molecule has 12 heteroatoms. The molecule has 0 spiro atoms. The maximum atomic E-state index is 12.9. The van der Waals surface area contributed by atoms with E-state index in [1.807, 2.05) is 0 Å². The molecule has 0 aliphatic carbocycles. The second-order valence-corrected chi connectivity index (χ2v) is 10.9. The van der Waals surface area contributed by atoms with Crippen LogP contribution in [0.2, 0.25) is 0 Å². The summed E-state index contributed by atoms with van der Waals surface area (Å²) in [5.74, 6) is -3.05. The number of nitrogens with one attached hydrogen (secondary N) is 2. The van der Waals surface area contributed by atoms with Gasteiger partial charge in [0.1, 0.15) is 6.04 Å². The van der Waals surface area contributed by atoms with Crippen molar-refractivity contribution in [3.8, 4) is 0 Å². The topological polar surface area (TPSA) is 152 Å². The first kappa shape index (κ1) is 30.7. The van der Waals surface area contributed by atoms with E-state index in [1.165, 1.54) is 35.7 Å². The number of carbonyl (C=O) groups excluding carboxylic acids is 4. The summed E-state index contributed by atoms with van der Waals surface area (Å²) in [5, 5.41) is 2.58. The van der Waals surface area contributed by atoms with E-state index in [2.05, 4.69) is 10.3 Å². The summed E-state index contributed by atoms with van der Waals surface area (Å²) in [5.41, 5.74) is 1.23. The average molecular weight is 550 g/mol. The van der Waals surface area contributed by atoms with Crippen molar-refractivity contribution in [3.63, 3.8) is 0 Å². The Morgan fingerprint density at radius 1 is 1.08 bits per heavy atom. The van der Waals surface area contributed by atoms with Crippen molar-refractivity contribution in [2.75, 3.05) is 26.8 Å². The van der Waals surface area contributed by atoms with Crippen molar-refractivity contribution in [1.29, 1.82) is 0 Å². The Morgan fingerprint density at radius 2 is 1.71 bits per heavy atom. The van der Waals surface area contributed by atoms with Gasteiger partial charge in [0.25, 0.3) is 5.91 Å². The van der Waals surface area contributed by atoms with E-state index in [0.29, 0.717) is 11.3 Å². The minimum absolute atomic E-state index is 0.0361. The third kappa shape index (κ3) is 6.67. The molecule has 1 aromatic heterocycles. The minimum atomic E-state index is -3.78. The minimum Gasteiger partial charge on any atom is -0.465 e. The number of aryl methyl sites for hydroxylation is 1. The van der Waals surface area contributed by atoms with E-state index in [1.54, 1.807) is 41.5 Å². The number of nitrogens with zero attached hydrogens (tertiary/aromatic N) is 1. The lowest BCUT2D eigenvalue weighted by atomic mass is 10.0. The lowest BCUT2D eigenvalue weighted by Gasteiger charge is -2.21. The van der Waals surface area contributed by atoms with Crippen LogP contribution >= 0.6 is 0 Å². The molecule has 208 valence electrons. The third-order valence-electron chi connectivity index (χ3n) is 6.10. The van der Waals surface area contributed by atoms with Gasteiger partial charge in [0, 0.05) is 24.3 Å². The highest BCUT2D eigenvalue weighted by Gasteiger charge is 2.29. The number of ether oxygens (including phenoxy) is 2. The zero-order valence-corrected chi connectivity index (χ0v) is 23.5. The molecule has 1 amide bonds. The Morgan fingerprint density at radius 3 is 2.26 bits per heavy atom. The van der Waals surface area contributed by atoms with Crippen LogP contribution in [0.3, 0.4) is 0 Å². The molecule has 0 fully saturated rings. The predicted molar refractivity (Wildman–Crippen MR) is 140 cm³/mol. The number of hydrogen-bond donors (Lipinski definition) is 2. The van der Waals surface area contributed by atoms with E-state index in [9.17, 15) is 27.6 Å². The maximum Gasteiger partial charge on any atom is 0.339 e. The molecule has 2 rings (SSSR count). The smallest absolute Gasteiger partial charge is 0.339 e. The van der Waals surface area contributed by atoms with Crippen molar-refractivity contribution < 1.29 is 37.1 Å². The number of hydrogen-bond acceptors (Lipinski definition) is 8. The van der Waals surface area contributed by atoms with Crippen molar-refractivity contribution in [3.05, 3.63) is 52.3 Å². The van der Waals surface area contributed by atoms with Crippen LogP contribution < -0.4 is 5.32 Å². The van der Waals surface area contributed by atoms with Crippen molar-refractivity contribution in [1.82, 2.24) is 14.6 Å².